The van der Waals surface area contributed by atoms with Crippen LogP contribution >= 0.6 is 0 Å². The number of rotatable bonds is 6. The van der Waals surface area contributed by atoms with Crippen LogP contribution in [0, 0.1) is 23.8 Å². The van der Waals surface area contributed by atoms with Gasteiger partial charge in [0.2, 0.25) is 0 Å². The molecule has 0 spiro atoms. The van der Waals surface area contributed by atoms with Gasteiger partial charge in [0.05, 0.1) is 0 Å². The first-order valence-corrected chi connectivity index (χ1v) is 13.1. The fourth-order valence-electron chi connectivity index (χ4n) is 5.75. The molecule has 36 heavy (non-hydrogen) atoms. The van der Waals surface area contributed by atoms with E-state index in [0.717, 1.165) is 44.0 Å². The molecule has 3 heterocycles. The number of piperidine rings is 1. The summed E-state index contributed by atoms with van der Waals surface area (Å²) in [6, 6.07) is 15.3. The van der Waals surface area contributed by atoms with Crippen LogP contribution in [-0.2, 0) is 5.41 Å². The van der Waals surface area contributed by atoms with Crippen molar-refractivity contribution in [1.82, 2.24) is 20.1 Å². The standard InChI is InChI=1S/C29H38N5O2/c1-29(2,3)20-11-9-19(10-12-20)28(36)34-17-23-22(24(23)18-34)15-30-27(35)25-7-6-8-26(31-25)33-14-13-21(16-33)32(4)5/h6,8-12,21-24H,13-18H2,1-5H3,(H,30,35). The number of aromatic nitrogens is 1. The van der Waals surface area contributed by atoms with Gasteiger partial charge in [0.1, 0.15) is 11.5 Å². The third-order valence-electron chi connectivity index (χ3n) is 8.27. The molecule has 3 atom stereocenters. The maximum atomic E-state index is 13.0. The highest BCUT2D eigenvalue weighted by molar-refractivity contribution is 5.94. The molecule has 2 saturated heterocycles. The summed E-state index contributed by atoms with van der Waals surface area (Å²) < 4.78 is 0. The van der Waals surface area contributed by atoms with E-state index in [1.807, 2.05) is 23.1 Å². The number of nitrogens with zero attached hydrogens (tertiary/aromatic N) is 4. The number of amides is 2. The highest BCUT2D eigenvalue weighted by Crippen LogP contribution is 2.51. The summed E-state index contributed by atoms with van der Waals surface area (Å²) >= 11 is 0. The predicted octanol–water partition coefficient (Wildman–Crippen LogP) is 3.07. The van der Waals surface area contributed by atoms with Crippen LogP contribution in [0.5, 0.6) is 0 Å². The number of carbonyl (C=O) groups excluding carboxylic acids is 2. The molecule has 1 aromatic carbocycles. The number of nitrogens with one attached hydrogen (secondary N) is 1. The molecule has 7 nitrogen and oxygen atoms in total. The Labute approximate surface area is 214 Å². The van der Waals surface area contributed by atoms with Gasteiger partial charge >= 0.3 is 0 Å². The van der Waals surface area contributed by atoms with Crippen LogP contribution in [0.1, 0.15) is 53.6 Å². The molecule has 1 N–H and O–H groups in total. The number of carbonyl (C=O) groups is 2. The molecule has 2 aliphatic heterocycles. The van der Waals surface area contributed by atoms with Gasteiger partial charge in [-0.15, -0.1) is 0 Å². The van der Waals surface area contributed by atoms with Gasteiger partial charge in [-0.2, -0.15) is 0 Å². The van der Waals surface area contributed by atoms with Gasteiger partial charge in [0.25, 0.3) is 11.8 Å². The molecule has 7 heteroatoms. The number of benzene rings is 1. The van der Waals surface area contributed by atoms with Crippen molar-refractivity contribution >= 4 is 17.6 Å². The van der Waals surface area contributed by atoms with Crippen molar-refractivity contribution in [2.75, 3.05) is 51.7 Å². The summed E-state index contributed by atoms with van der Waals surface area (Å²) in [6.45, 7) is 10.6. The fraction of sp³-hybridized carbons (Fsp3) is 0.552. The monoisotopic (exact) mass is 488 g/mol. The van der Waals surface area contributed by atoms with Crippen LogP contribution < -0.4 is 10.2 Å². The van der Waals surface area contributed by atoms with Gasteiger partial charge in [-0.05, 0) is 73.5 Å². The van der Waals surface area contributed by atoms with Gasteiger partial charge in [0, 0.05) is 50.4 Å². The third kappa shape index (κ3) is 4.99. The van der Waals surface area contributed by atoms with E-state index in [4.69, 9.17) is 0 Å². The molecule has 1 radical (unpaired) electrons. The number of likely N-dealkylation sites (N-methyl/N-ethyl adjacent to an activating group) is 1. The molecule has 3 aliphatic rings. The molecule has 5 rings (SSSR count). The molecule has 1 saturated carbocycles. The number of pyridine rings is 1. The minimum absolute atomic E-state index is 0.0758. The Kier molecular flexibility index (Phi) is 6.54. The lowest BCUT2D eigenvalue weighted by Crippen LogP contribution is -2.34. The number of hydrogen-bond donors (Lipinski definition) is 1. The Hall–Kier alpha value is -2.93. The quantitative estimate of drug-likeness (QED) is 0.677. The first-order valence-electron chi connectivity index (χ1n) is 13.1. The molecule has 3 unspecified atom stereocenters. The predicted molar refractivity (Wildman–Crippen MR) is 141 cm³/mol. The lowest BCUT2D eigenvalue weighted by Gasteiger charge is -2.22. The summed E-state index contributed by atoms with van der Waals surface area (Å²) in [6.07, 6.45) is 1.10. The Morgan fingerprint density at radius 1 is 1.08 bits per heavy atom. The van der Waals surface area contributed by atoms with Gasteiger partial charge < -0.3 is 20.0 Å². The highest BCUT2D eigenvalue weighted by atomic mass is 16.2. The third-order valence-corrected chi connectivity index (χ3v) is 8.27. The lowest BCUT2D eigenvalue weighted by molar-refractivity contribution is 0.0764. The number of fused-ring (bicyclic) bond motifs is 1. The molecule has 2 amide bonds. The van der Waals surface area contributed by atoms with E-state index >= 15 is 0 Å². The van der Waals surface area contributed by atoms with Gasteiger partial charge in [0.15, 0.2) is 0 Å². The highest BCUT2D eigenvalue weighted by Gasteiger charge is 2.56. The molecule has 3 fully saturated rings. The smallest absolute Gasteiger partial charge is 0.270 e. The summed E-state index contributed by atoms with van der Waals surface area (Å²) in [5.74, 6) is 2.16. The van der Waals surface area contributed by atoms with Crippen LogP contribution in [0.15, 0.2) is 36.4 Å². The van der Waals surface area contributed by atoms with Crippen molar-refractivity contribution in [2.24, 2.45) is 17.8 Å². The molecule has 1 aliphatic carbocycles. The Bertz CT molecular complexity index is 1110. The first kappa shape index (κ1) is 24.8. The van der Waals surface area contributed by atoms with E-state index in [1.165, 1.54) is 5.56 Å². The van der Waals surface area contributed by atoms with Crippen LogP contribution in [0.25, 0.3) is 0 Å². The van der Waals surface area contributed by atoms with Crippen molar-refractivity contribution in [3.05, 3.63) is 59.3 Å². The Morgan fingerprint density at radius 2 is 1.78 bits per heavy atom. The van der Waals surface area contributed by atoms with Crippen LogP contribution in [0.2, 0.25) is 0 Å². The van der Waals surface area contributed by atoms with E-state index < -0.39 is 0 Å². The second kappa shape index (κ2) is 9.51. The molecule has 191 valence electrons. The largest absolute Gasteiger partial charge is 0.355 e. The van der Waals surface area contributed by atoms with Crippen LogP contribution in [0.4, 0.5) is 5.82 Å². The Balaban J connectivity index is 1.10. The number of likely N-dealkylation sites (tertiary alicyclic amines) is 1. The van der Waals surface area contributed by atoms with E-state index in [1.54, 1.807) is 6.07 Å². The van der Waals surface area contributed by atoms with Gasteiger partial charge in [-0.1, -0.05) is 32.9 Å². The summed E-state index contributed by atoms with van der Waals surface area (Å²) in [5.41, 5.74) is 2.41. The topological polar surface area (TPSA) is 68.8 Å². The summed E-state index contributed by atoms with van der Waals surface area (Å²) in [5, 5.41) is 3.07. The van der Waals surface area contributed by atoms with Crippen LogP contribution in [-0.4, -0.2) is 79.5 Å². The average molecular weight is 489 g/mol. The van der Waals surface area contributed by atoms with E-state index in [9.17, 15) is 9.59 Å². The minimum Gasteiger partial charge on any atom is -0.355 e. The van der Waals surface area contributed by atoms with Gasteiger partial charge in [-0.3, -0.25) is 9.59 Å². The maximum Gasteiger partial charge on any atom is 0.270 e. The zero-order chi connectivity index (χ0) is 25.6. The van der Waals surface area contributed by atoms with E-state index in [-0.39, 0.29) is 17.2 Å². The lowest BCUT2D eigenvalue weighted by atomic mass is 9.86. The van der Waals surface area contributed by atoms with Crippen molar-refractivity contribution in [3.8, 4) is 0 Å². The van der Waals surface area contributed by atoms with Gasteiger partial charge in [-0.25, -0.2) is 4.98 Å². The molecular weight excluding hydrogens is 450 g/mol. The molecular formula is C29H38N5O2. The molecule has 0 bridgehead atoms. The zero-order valence-electron chi connectivity index (χ0n) is 22.1. The van der Waals surface area contributed by atoms with Crippen molar-refractivity contribution in [1.29, 1.82) is 0 Å². The molecule has 2 aromatic rings. The average Bonchev–Trinajstić information content (AvgIpc) is 3.23. The van der Waals surface area contributed by atoms with Crippen LogP contribution in [0.3, 0.4) is 0 Å². The van der Waals surface area contributed by atoms with Crippen molar-refractivity contribution in [3.63, 3.8) is 0 Å². The Morgan fingerprint density at radius 3 is 2.39 bits per heavy atom. The SMILES string of the molecule is CN(C)C1CCN(c2cc[c]c(C(=O)NCC3C4CN(C(=O)c5ccc(C(C)(C)C)cc5)CC34)n2)C1. The summed E-state index contributed by atoms with van der Waals surface area (Å²) in [4.78, 5) is 36.8. The second-order valence-electron chi connectivity index (χ2n) is 11.9. The normalized spacial score (nSPS) is 25.3. The number of hydrogen-bond acceptors (Lipinski definition) is 5. The van der Waals surface area contributed by atoms with E-state index in [0.29, 0.717) is 36.0 Å². The maximum absolute atomic E-state index is 13.0. The van der Waals surface area contributed by atoms with E-state index in [2.05, 4.69) is 73.2 Å². The number of anilines is 1. The van der Waals surface area contributed by atoms with Crippen molar-refractivity contribution < 1.29 is 9.59 Å². The second-order valence-corrected chi connectivity index (χ2v) is 11.9. The molecule has 1 aromatic heterocycles. The fourth-order valence-corrected chi connectivity index (χ4v) is 5.75. The minimum atomic E-state index is -0.169. The van der Waals surface area contributed by atoms with Crippen molar-refractivity contribution in [2.45, 2.75) is 38.6 Å². The first-order chi connectivity index (χ1) is 17.1. The zero-order valence-corrected chi connectivity index (χ0v) is 22.1. The summed E-state index contributed by atoms with van der Waals surface area (Å²) in [7, 11) is 4.21.